The molecule has 0 bridgehead atoms. The fourth-order valence-corrected chi connectivity index (χ4v) is 3.88. The maximum atomic E-state index is 11.9. The van der Waals surface area contributed by atoms with Crippen LogP contribution in [-0.2, 0) is 0 Å². The van der Waals surface area contributed by atoms with Crippen LogP contribution in [0.4, 0.5) is 5.69 Å². The smallest absolute Gasteiger partial charge is 0.250 e. The molecule has 130 valence electrons. The van der Waals surface area contributed by atoms with Gasteiger partial charge in [0.1, 0.15) is 0 Å². The van der Waals surface area contributed by atoms with E-state index in [1.807, 2.05) is 42.8 Å². The van der Waals surface area contributed by atoms with Gasteiger partial charge in [-0.25, -0.2) is 0 Å². The van der Waals surface area contributed by atoms with Crippen LogP contribution in [0, 0.1) is 0 Å². The summed E-state index contributed by atoms with van der Waals surface area (Å²) in [5.41, 5.74) is 9.60. The minimum atomic E-state index is 0.0783. The zero-order valence-corrected chi connectivity index (χ0v) is 15.9. The number of aromatic nitrogens is 1. The van der Waals surface area contributed by atoms with Crippen molar-refractivity contribution in [3.63, 3.8) is 0 Å². The summed E-state index contributed by atoms with van der Waals surface area (Å²) in [6, 6.07) is 11.6. The molecule has 1 aliphatic carbocycles. The Morgan fingerprint density at radius 2 is 1.88 bits per heavy atom. The first-order valence-corrected chi connectivity index (χ1v) is 9.74. The molecule has 0 saturated heterocycles. The molecule has 0 atom stereocenters. The molecule has 3 aromatic rings. The predicted octanol–water partition coefficient (Wildman–Crippen LogP) is 5.84. The monoisotopic (exact) mass is 372 g/mol. The Balaban J connectivity index is 0.000000880. The van der Waals surface area contributed by atoms with E-state index >= 15 is 0 Å². The van der Waals surface area contributed by atoms with Crippen LogP contribution in [-0.4, -0.2) is 4.57 Å². The summed E-state index contributed by atoms with van der Waals surface area (Å²) < 4.78 is 1.85. The molecule has 1 fully saturated rings. The van der Waals surface area contributed by atoms with Crippen LogP contribution >= 0.6 is 22.9 Å². The quantitative estimate of drug-likeness (QED) is 0.587. The molecule has 5 heteroatoms. The average molecular weight is 373 g/mol. The van der Waals surface area contributed by atoms with Gasteiger partial charge in [-0.1, -0.05) is 31.5 Å². The second-order valence-corrected chi connectivity index (χ2v) is 7.15. The van der Waals surface area contributed by atoms with Crippen molar-refractivity contribution < 1.29 is 0 Å². The van der Waals surface area contributed by atoms with E-state index in [1.54, 1.807) is 23.5 Å². The van der Waals surface area contributed by atoms with Crippen molar-refractivity contribution in [1.29, 1.82) is 0 Å². The van der Waals surface area contributed by atoms with Crippen molar-refractivity contribution in [3.8, 4) is 21.6 Å². The van der Waals surface area contributed by atoms with E-state index in [0.29, 0.717) is 16.8 Å². The third-order valence-electron chi connectivity index (χ3n) is 4.07. The van der Waals surface area contributed by atoms with Gasteiger partial charge in [0, 0.05) is 40.0 Å². The Labute approximate surface area is 156 Å². The van der Waals surface area contributed by atoms with Crippen LogP contribution in [0.1, 0.15) is 32.7 Å². The molecule has 0 aliphatic heterocycles. The summed E-state index contributed by atoms with van der Waals surface area (Å²) in [4.78, 5) is 13.1. The Kier molecular flexibility index (Phi) is 5.30. The van der Waals surface area contributed by atoms with Gasteiger partial charge in [-0.3, -0.25) is 4.79 Å². The molecule has 3 nitrogen and oxygen atoms in total. The van der Waals surface area contributed by atoms with Crippen LogP contribution < -0.4 is 11.3 Å². The minimum absolute atomic E-state index is 0.0783. The highest BCUT2D eigenvalue weighted by molar-refractivity contribution is 7.14. The Morgan fingerprint density at radius 3 is 2.56 bits per heavy atom. The number of anilines is 1. The molecule has 2 N–H and O–H groups in total. The average Bonchev–Trinajstić information content (AvgIpc) is 3.34. The highest BCUT2D eigenvalue weighted by Gasteiger charge is 2.24. The molecule has 0 unspecified atom stereocenters. The Hall–Kier alpha value is -2.04. The molecule has 0 spiro atoms. The van der Waals surface area contributed by atoms with Crippen molar-refractivity contribution in [1.82, 2.24) is 4.57 Å². The highest BCUT2D eigenvalue weighted by Crippen LogP contribution is 2.38. The van der Waals surface area contributed by atoms with Crippen molar-refractivity contribution in [2.75, 3.05) is 5.73 Å². The predicted molar refractivity (Wildman–Crippen MR) is 108 cm³/mol. The lowest BCUT2D eigenvalue weighted by Crippen LogP contribution is -2.16. The number of halogens is 1. The summed E-state index contributed by atoms with van der Waals surface area (Å²) in [5, 5.41) is 2.73. The molecular weight excluding hydrogens is 352 g/mol. The first-order valence-electron chi connectivity index (χ1n) is 8.48. The largest absolute Gasteiger partial charge is 0.399 e. The number of thiophene rings is 1. The molecule has 1 saturated carbocycles. The van der Waals surface area contributed by atoms with E-state index in [2.05, 4.69) is 11.4 Å². The van der Waals surface area contributed by atoms with Gasteiger partial charge in [-0.2, -0.15) is 0 Å². The van der Waals surface area contributed by atoms with Crippen LogP contribution in [0.3, 0.4) is 0 Å². The highest BCUT2D eigenvalue weighted by atomic mass is 35.5. The number of pyridine rings is 1. The van der Waals surface area contributed by atoms with Crippen molar-refractivity contribution in [2.45, 2.75) is 32.7 Å². The number of hydrogen-bond donors (Lipinski definition) is 1. The van der Waals surface area contributed by atoms with E-state index in [-0.39, 0.29) is 5.56 Å². The molecule has 4 rings (SSSR count). The van der Waals surface area contributed by atoms with Gasteiger partial charge in [0.25, 0.3) is 5.56 Å². The molecule has 25 heavy (non-hydrogen) atoms. The maximum absolute atomic E-state index is 11.9. The summed E-state index contributed by atoms with van der Waals surface area (Å²) in [6.45, 7) is 4.00. The number of nitrogen functional groups attached to an aromatic ring is 1. The second-order valence-electron chi connectivity index (χ2n) is 5.83. The summed E-state index contributed by atoms with van der Waals surface area (Å²) >= 11 is 7.95. The van der Waals surface area contributed by atoms with Crippen molar-refractivity contribution >= 4 is 28.6 Å². The fourth-order valence-electron chi connectivity index (χ4n) is 2.68. The Bertz CT molecular complexity index is 941. The Morgan fingerprint density at radius 1 is 1.12 bits per heavy atom. The van der Waals surface area contributed by atoms with Crippen LogP contribution in [0.25, 0.3) is 21.6 Å². The summed E-state index contributed by atoms with van der Waals surface area (Å²) in [6.07, 6.45) is 4.17. The number of rotatable bonds is 3. The minimum Gasteiger partial charge on any atom is -0.399 e. The lowest BCUT2D eigenvalue weighted by atomic mass is 10.1. The normalized spacial score (nSPS) is 13.2. The number of hydrogen-bond acceptors (Lipinski definition) is 3. The van der Waals surface area contributed by atoms with E-state index < -0.39 is 0 Å². The lowest BCUT2D eigenvalue weighted by molar-refractivity contribution is 0.709. The molecule has 2 heterocycles. The van der Waals surface area contributed by atoms with Crippen LogP contribution in [0.5, 0.6) is 0 Å². The third kappa shape index (κ3) is 3.80. The maximum Gasteiger partial charge on any atom is 0.250 e. The van der Waals surface area contributed by atoms with Gasteiger partial charge in [0.2, 0.25) is 0 Å². The summed E-state index contributed by atoms with van der Waals surface area (Å²) in [7, 11) is 0. The zero-order chi connectivity index (χ0) is 18.0. The van der Waals surface area contributed by atoms with Gasteiger partial charge in [0.05, 0.1) is 5.02 Å². The molecule has 0 radical (unpaired) electrons. The van der Waals surface area contributed by atoms with Gasteiger partial charge < -0.3 is 10.3 Å². The first kappa shape index (κ1) is 17.8. The number of nitrogens with zero attached hydrogens (tertiary/aromatic N) is 1. The topological polar surface area (TPSA) is 48.0 Å². The van der Waals surface area contributed by atoms with Crippen LogP contribution in [0.2, 0.25) is 5.02 Å². The van der Waals surface area contributed by atoms with E-state index in [0.717, 1.165) is 34.4 Å². The van der Waals surface area contributed by atoms with E-state index in [4.69, 9.17) is 17.3 Å². The van der Waals surface area contributed by atoms with Crippen molar-refractivity contribution in [2.24, 2.45) is 0 Å². The SMILES string of the molecule is CC.Nc1ccc(-c2csc(-c3ccc(=O)n(C4CC4)c3)c2)c(Cl)c1. The van der Waals surface area contributed by atoms with E-state index in [9.17, 15) is 4.79 Å². The summed E-state index contributed by atoms with van der Waals surface area (Å²) in [5.74, 6) is 0. The van der Waals surface area contributed by atoms with Crippen LogP contribution in [0.15, 0.2) is 52.8 Å². The molecule has 0 amide bonds. The second kappa shape index (κ2) is 7.46. The molecule has 2 aromatic heterocycles. The number of nitrogens with two attached hydrogens (primary N) is 1. The standard InChI is InChI=1S/C18H15ClN2OS.C2H6/c19-16-8-13(20)2-5-15(16)12-7-17(23-10-12)11-1-6-18(22)21(9-11)14-3-4-14;1-2/h1-2,5-10,14H,3-4,20H2;1-2H3. The fraction of sp³-hybridized carbons (Fsp3) is 0.250. The molecule has 1 aliphatic rings. The van der Waals surface area contributed by atoms with E-state index in [1.165, 1.54) is 0 Å². The number of benzene rings is 1. The van der Waals surface area contributed by atoms with Gasteiger partial charge in [-0.05, 0) is 48.1 Å². The molecule has 1 aromatic carbocycles. The molecular formula is C20H21ClN2OS. The zero-order valence-electron chi connectivity index (χ0n) is 14.3. The third-order valence-corrected chi connectivity index (χ3v) is 5.36. The van der Waals surface area contributed by atoms with Gasteiger partial charge >= 0.3 is 0 Å². The van der Waals surface area contributed by atoms with Gasteiger partial charge in [0.15, 0.2) is 0 Å². The van der Waals surface area contributed by atoms with Gasteiger partial charge in [-0.15, -0.1) is 11.3 Å². The lowest BCUT2D eigenvalue weighted by Gasteiger charge is -2.05. The first-order chi connectivity index (χ1) is 12.1. The van der Waals surface area contributed by atoms with Crippen molar-refractivity contribution in [3.05, 3.63) is 63.4 Å².